The minimum absolute atomic E-state index is 0.0868. The molecule has 1 N–H and O–H groups in total. The smallest absolute Gasteiger partial charge is 0.234 e. The molecule has 0 spiro atoms. The van der Waals surface area contributed by atoms with Crippen LogP contribution in [-0.2, 0) is 18.3 Å². The number of carbonyl (C=O) groups is 1. The topological polar surface area (TPSA) is 64.7 Å². The van der Waals surface area contributed by atoms with Crippen LogP contribution in [0.3, 0.4) is 0 Å². The van der Waals surface area contributed by atoms with Crippen LogP contribution < -0.4 is 5.32 Å². The Morgan fingerprint density at radius 1 is 1.03 bits per heavy atom. The van der Waals surface area contributed by atoms with E-state index in [1.54, 1.807) is 12.1 Å². The van der Waals surface area contributed by atoms with E-state index >= 15 is 0 Å². The van der Waals surface area contributed by atoms with Crippen molar-refractivity contribution in [1.82, 2.24) is 19.3 Å². The van der Waals surface area contributed by atoms with Crippen molar-refractivity contribution in [3.05, 3.63) is 90.3 Å². The highest BCUT2D eigenvalue weighted by Crippen LogP contribution is 2.24. The molecule has 152 valence electrons. The molecule has 0 bridgehead atoms. The van der Waals surface area contributed by atoms with Crippen molar-refractivity contribution < 1.29 is 9.18 Å². The highest BCUT2D eigenvalue weighted by Gasteiger charge is 2.17. The minimum atomic E-state index is -0.465. The molecule has 2 heterocycles. The maximum absolute atomic E-state index is 13.8. The van der Waals surface area contributed by atoms with Crippen LogP contribution >= 0.6 is 11.8 Å². The normalized spacial score (nSPS) is 10.9. The SMILES string of the molecule is Cn1cccc1Cc1nnc(SCC(=O)Nc2ccccc2F)n1-c1ccccc1. The minimum Gasteiger partial charge on any atom is -0.354 e. The van der Waals surface area contributed by atoms with E-state index in [1.165, 1.54) is 23.9 Å². The number of para-hydroxylation sites is 2. The number of nitrogens with one attached hydrogen (secondary N) is 1. The second kappa shape index (κ2) is 8.96. The molecule has 2 aromatic carbocycles. The van der Waals surface area contributed by atoms with Gasteiger partial charge in [-0.2, -0.15) is 0 Å². The third-order valence-corrected chi connectivity index (χ3v) is 5.51. The first-order valence-electron chi connectivity index (χ1n) is 9.39. The lowest BCUT2D eigenvalue weighted by atomic mass is 10.2. The van der Waals surface area contributed by atoms with E-state index in [4.69, 9.17) is 0 Å². The van der Waals surface area contributed by atoms with Gasteiger partial charge in [0.15, 0.2) is 5.16 Å². The Kier molecular flexibility index (Phi) is 5.94. The number of aryl methyl sites for hydroxylation is 1. The number of thioether (sulfide) groups is 1. The summed E-state index contributed by atoms with van der Waals surface area (Å²) in [7, 11) is 1.99. The van der Waals surface area contributed by atoms with Crippen LogP contribution in [0.15, 0.2) is 78.1 Å². The van der Waals surface area contributed by atoms with Crippen LogP contribution in [-0.4, -0.2) is 31.0 Å². The van der Waals surface area contributed by atoms with Crippen LogP contribution in [0, 0.1) is 5.82 Å². The number of nitrogens with zero attached hydrogens (tertiary/aromatic N) is 4. The molecule has 0 fully saturated rings. The quantitative estimate of drug-likeness (QED) is 0.457. The van der Waals surface area contributed by atoms with E-state index in [-0.39, 0.29) is 17.3 Å². The number of halogens is 1. The number of rotatable bonds is 7. The van der Waals surface area contributed by atoms with E-state index < -0.39 is 5.82 Å². The molecule has 0 saturated heterocycles. The number of amides is 1. The molecular formula is C22H20FN5OS. The molecular weight excluding hydrogens is 401 g/mol. The monoisotopic (exact) mass is 421 g/mol. The fourth-order valence-corrected chi connectivity index (χ4v) is 3.84. The molecule has 8 heteroatoms. The zero-order valence-corrected chi connectivity index (χ0v) is 17.1. The Morgan fingerprint density at radius 2 is 1.80 bits per heavy atom. The van der Waals surface area contributed by atoms with Gasteiger partial charge in [0.25, 0.3) is 0 Å². The van der Waals surface area contributed by atoms with Crippen LogP contribution in [0.4, 0.5) is 10.1 Å². The van der Waals surface area contributed by atoms with Crippen molar-refractivity contribution >= 4 is 23.4 Å². The maximum atomic E-state index is 13.8. The molecule has 0 aliphatic heterocycles. The van der Waals surface area contributed by atoms with Gasteiger partial charge in [0.1, 0.15) is 11.6 Å². The molecule has 4 rings (SSSR count). The van der Waals surface area contributed by atoms with E-state index in [0.29, 0.717) is 11.6 Å². The summed E-state index contributed by atoms with van der Waals surface area (Å²) in [4.78, 5) is 12.3. The molecule has 4 aromatic rings. The standard InChI is InChI=1S/C22H20FN5OS/c1-27-13-7-10-17(27)14-20-25-26-22(28(20)16-8-3-2-4-9-16)30-15-21(29)24-19-12-6-5-11-18(19)23/h2-13H,14-15H2,1H3,(H,24,29). The lowest BCUT2D eigenvalue weighted by Gasteiger charge is -2.11. The average Bonchev–Trinajstić information content (AvgIpc) is 3.35. The summed E-state index contributed by atoms with van der Waals surface area (Å²) < 4.78 is 17.8. The zero-order valence-electron chi connectivity index (χ0n) is 16.3. The summed E-state index contributed by atoms with van der Waals surface area (Å²) in [6, 6.07) is 19.9. The van der Waals surface area contributed by atoms with Gasteiger partial charge in [-0.3, -0.25) is 9.36 Å². The van der Waals surface area contributed by atoms with E-state index in [2.05, 4.69) is 15.5 Å². The predicted molar refractivity (Wildman–Crippen MR) is 115 cm³/mol. The zero-order chi connectivity index (χ0) is 20.9. The predicted octanol–water partition coefficient (Wildman–Crippen LogP) is 4.07. The molecule has 6 nitrogen and oxygen atoms in total. The van der Waals surface area contributed by atoms with Crippen molar-refractivity contribution in [2.75, 3.05) is 11.1 Å². The summed E-state index contributed by atoms with van der Waals surface area (Å²) in [5.41, 5.74) is 2.19. The fraction of sp³-hybridized carbons (Fsp3) is 0.136. The molecule has 0 aliphatic rings. The van der Waals surface area contributed by atoms with Crippen LogP contribution in [0.5, 0.6) is 0 Å². The molecule has 0 unspecified atom stereocenters. The molecule has 0 radical (unpaired) electrons. The number of anilines is 1. The summed E-state index contributed by atoms with van der Waals surface area (Å²) in [6.45, 7) is 0. The van der Waals surface area contributed by atoms with Gasteiger partial charge in [-0.1, -0.05) is 42.1 Å². The molecule has 0 saturated carbocycles. The van der Waals surface area contributed by atoms with Crippen LogP contribution in [0.25, 0.3) is 5.69 Å². The average molecular weight is 422 g/mol. The van der Waals surface area contributed by atoms with Gasteiger partial charge in [0, 0.05) is 31.0 Å². The molecule has 0 atom stereocenters. The van der Waals surface area contributed by atoms with Gasteiger partial charge in [0.2, 0.25) is 5.91 Å². The van der Waals surface area contributed by atoms with Crippen molar-refractivity contribution in [2.24, 2.45) is 7.05 Å². The maximum Gasteiger partial charge on any atom is 0.234 e. The summed E-state index contributed by atoms with van der Waals surface area (Å²) in [5, 5.41) is 11.9. The lowest BCUT2D eigenvalue weighted by molar-refractivity contribution is -0.113. The number of benzene rings is 2. The lowest BCUT2D eigenvalue weighted by Crippen LogP contribution is -2.15. The van der Waals surface area contributed by atoms with Crippen LogP contribution in [0.1, 0.15) is 11.5 Å². The largest absolute Gasteiger partial charge is 0.354 e. The molecule has 2 aromatic heterocycles. The number of hydrogen-bond acceptors (Lipinski definition) is 4. The highest BCUT2D eigenvalue weighted by molar-refractivity contribution is 7.99. The summed E-state index contributed by atoms with van der Waals surface area (Å²) >= 11 is 1.26. The molecule has 1 amide bonds. The fourth-order valence-electron chi connectivity index (χ4n) is 3.07. The highest BCUT2D eigenvalue weighted by atomic mass is 32.2. The van der Waals surface area contributed by atoms with Crippen LogP contribution in [0.2, 0.25) is 0 Å². The summed E-state index contributed by atoms with van der Waals surface area (Å²) in [6.07, 6.45) is 2.59. The van der Waals surface area contributed by atoms with E-state index in [0.717, 1.165) is 17.2 Å². The number of aromatic nitrogens is 4. The molecule has 30 heavy (non-hydrogen) atoms. The Bertz CT molecular complexity index is 1160. The second-order valence-electron chi connectivity index (χ2n) is 6.67. The Morgan fingerprint density at radius 3 is 2.53 bits per heavy atom. The van der Waals surface area contributed by atoms with Crippen molar-refractivity contribution in [1.29, 1.82) is 0 Å². The Balaban J connectivity index is 1.55. The van der Waals surface area contributed by atoms with Gasteiger partial charge in [-0.05, 0) is 36.4 Å². The Labute approximate surface area is 177 Å². The van der Waals surface area contributed by atoms with E-state index in [1.807, 2.05) is 64.8 Å². The van der Waals surface area contributed by atoms with Crippen molar-refractivity contribution in [3.63, 3.8) is 0 Å². The Hall–Kier alpha value is -3.39. The summed E-state index contributed by atoms with van der Waals surface area (Å²) in [5.74, 6) is 0.0913. The number of carbonyl (C=O) groups excluding carboxylic acids is 1. The van der Waals surface area contributed by atoms with Gasteiger partial charge in [0.05, 0.1) is 11.4 Å². The van der Waals surface area contributed by atoms with Gasteiger partial charge in [-0.15, -0.1) is 10.2 Å². The second-order valence-corrected chi connectivity index (χ2v) is 7.62. The van der Waals surface area contributed by atoms with Gasteiger partial charge < -0.3 is 9.88 Å². The third-order valence-electron chi connectivity index (χ3n) is 4.59. The first-order valence-corrected chi connectivity index (χ1v) is 10.4. The van der Waals surface area contributed by atoms with E-state index in [9.17, 15) is 9.18 Å². The first kappa shape index (κ1) is 19.9. The van der Waals surface area contributed by atoms with Gasteiger partial charge in [-0.25, -0.2) is 4.39 Å². The molecule has 0 aliphatic carbocycles. The third kappa shape index (κ3) is 4.44. The van der Waals surface area contributed by atoms with Crippen molar-refractivity contribution in [2.45, 2.75) is 11.6 Å². The van der Waals surface area contributed by atoms with Crippen molar-refractivity contribution in [3.8, 4) is 5.69 Å². The number of hydrogen-bond donors (Lipinski definition) is 1. The van der Waals surface area contributed by atoms with Gasteiger partial charge >= 0.3 is 0 Å². The first-order chi connectivity index (χ1) is 14.6.